The quantitative estimate of drug-likeness (QED) is 0.171. The van der Waals surface area contributed by atoms with Gasteiger partial charge in [0.05, 0.1) is 5.75 Å². The number of sulfonamides is 2. The van der Waals surface area contributed by atoms with Gasteiger partial charge < -0.3 is 4.98 Å². The summed E-state index contributed by atoms with van der Waals surface area (Å²) in [4.78, 5) is 20.2. The van der Waals surface area contributed by atoms with E-state index in [0.717, 1.165) is 30.4 Å². The van der Waals surface area contributed by atoms with Crippen LogP contribution in [-0.4, -0.2) is 83.2 Å². The van der Waals surface area contributed by atoms with Crippen LogP contribution in [0.4, 0.5) is 0 Å². The van der Waals surface area contributed by atoms with E-state index in [9.17, 15) is 26.8 Å². The highest BCUT2D eigenvalue weighted by Gasteiger charge is 2.43. The van der Waals surface area contributed by atoms with Gasteiger partial charge in [0.25, 0.3) is 15.9 Å². The molecule has 2 atom stereocenters. The van der Waals surface area contributed by atoms with Crippen LogP contribution in [0.3, 0.4) is 0 Å². The van der Waals surface area contributed by atoms with Crippen LogP contribution in [0.15, 0.2) is 59.1 Å². The van der Waals surface area contributed by atoms with Crippen LogP contribution in [0.25, 0.3) is 10.4 Å². The molecule has 0 radical (unpaired) electrons. The number of benzene rings is 1. The average molecular weight is 572 g/mol. The van der Waals surface area contributed by atoms with Gasteiger partial charge in [0.15, 0.2) is 0 Å². The molecule has 0 spiro atoms. The van der Waals surface area contributed by atoms with Gasteiger partial charge in [-0.25, -0.2) is 27.3 Å². The lowest BCUT2D eigenvalue weighted by Crippen LogP contribution is -2.61. The minimum atomic E-state index is -4.15. The summed E-state index contributed by atoms with van der Waals surface area (Å²) in [5.41, 5.74) is 2.32. The fraction of sp³-hybridized carbons (Fsp3) is 0.333. The molecule has 0 aliphatic carbocycles. The zero-order valence-corrected chi connectivity index (χ0v) is 22.2. The molecular weight excluding hydrogens is 547 g/mol. The fourth-order valence-corrected chi connectivity index (χ4v) is 9.23. The van der Waals surface area contributed by atoms with Gasteiger partial charge in [-0.2, -0.15) is 21.2 Å². The van der Waals surface area contributed by atoms with Gasteiger partial charge in [0.2, 0.25) is 10.0 Å². The van der Waals surface area contributed by atoms with Gasteiger partial charge in [0.1, 0.15) is 16.1 Å². The van der Waals surface area contributed by atoms with Gasteiger partial charge in [-0.1, -0.05) is 30.3 Å². The van der Waals surface area contributed by atoms with Crippen molar-refractivity contribution in [3.8, 4) is 10.4 Å². The molecule has 1 aliphatic heterocycles. The lowest BCUT2D eigenvalue weighted by Gasteiger charge is -2.38. The van der Waals surface area contributed by atoms with E-state index in [1.165, 1.54) is 11.5 Å². The maximum atomic E-state index is 13.5. The van der Waals surface area contributed by atoms with E-state index in [2.05, 4.69) is 22.6 Å². The third kappa shape index (κ3) is 5.82. The number of hydrogen-bond donors (Lipinski definition) is 4. The maximum absolute atomic E-state index is 13.5. The van der Waals surface area contributed by atoms with E-state index in [1.54, 1.807) is 18.5 Å². The Morgan fingerprint density at radius 2 is 1.94 bits per heavy atom. The van der Waals surface area contributed by atoms with Crippen LogP contribution < -0.4 is 5.48 Å². The van der Waals surface area contributed by atoms with Crippen molar-refractivity contribution < 1.29 is 26.8 Å². The third-order valence-electron chi connectivity index (χ3n) is 5.69. The number of thiol groups is 1. The second-order valence-electron chi connectivity index (χ2n) is 8.12. The predicted octanol–water partition coefficient (Wildman–Crippen LogP) is 1.19. The van der Waals surface area contributed by atoms with Crippen molar-refractivity contribution >= 4 is 49.9 Å². The molecule has 3 N–H and O–H groups in total. The molecule has 1 fully saturated rings. The summed E-state index contributed by atoms with van der Waals surface area (Å²) in [6, 6.07) is 10.9. The van der Waals surface area contributed by atoms with Gasteiger partial charge >= 0.3 is 0 Å². The van der Waals surface area contributed by atoms with Crippen molar-refractivity contribution in [1.29, 1.82) is 0 Å². The third-order valence-corrected chi connectivity index (χ3v) is 11.8. The normalized spacial score (nSPS) is 18.7. The van der Waals surface area contributed by atoms with Crippen LogP contribution in [0, 0.1) is 0 Å². The molecule has 1 saturated heterocycles. The number of carbonyl (C=O) groups is 1. The lowest BCUT2D eigenvalue weighted by atomic mass is 10.2. The minimum Gasteiger partial charge on any atom is -0.349 e. The molecule has 1 unspecified atom stereocenters. The summed E-state index contributed by atoms with van der Waals surface area (Å²) in [6.45, 7) is -0.839. The van der Waals surface area contributed by atoms with E-state index >= 15 is 0 Å². The first-order valence-corrected chi connectivity index (χ1v) is 15.2. The smallest absolute Gasteiger partial charge is 0.263 e. The van der Waals surface area contributed by atoms with Gasteiger partial charge in [-0.3, -0.25) is 10.0 Å². The minimum absolute atomic E-state index is 0.0160. The monoisotopic (exact) mass is 571 g/mol. The van der Waals surface area contributed by atoms with Crippen molar-refractivity contribution in [3.63, 3.8) is 0 Å². The first-order chi connectivity index (χ1) is 17.1. The van der Waals surface area contributed by atoms with Crippen molar-refractivity contribution in [3.05, 3.63) is 60.7 Å². The highest BCUT2D eigenvalue weighted by atomic mass is 32.2. The maximum Gasteiger partial charge on any atom is 0.263 e. The number of aromatic amines is 1. The molecule has 4 rings (SSSR count). The van der Waals surface area contributed by atoms with Gasteiger partial charge in [-0.15, -0.1) is 11.3 Å². The Morgan fingerprint density at radius 1 is 1.19 bits per heavy atom. The molecule has 36 heavy (non-hydrogen) atoms. The Balaban J connectivity index is 1.53. The van der Waals surface area contributed by atoms with E-state index in [1.807, 2.05) is 30.3 Å². The second-order valence-corrected chi connectivity index (χ2v) is 14.1. The fourth-order valence-electron chi connectivity index (χ4n) is 3.94. The van der Waals surface area contributed by atoms with Gasteiger partial charge in [-0.05, 0) is 17.7 Å². The number of hydroxylamine groups is 1. The molecule has 3 aromatic rings. The molecule has 194 valence electrons. The molecule has 15 heteroatoms. The molecule has 3 heterocycles. The number of H-pyrrole nitrogens is 1. The number of aromatic nitrogens is 2. The number of thiophene rings is 1. The Labute approximate surface area is 218 Å². The van der Waals surface area contributed by atoms with Crippen LogP contribution >= 0.6 is 24.0 Å². The summed E-state index contributed by atoms with van der Waals surface area (Å²) in [6.07, 6.45) is 3.46. The lowest BCUT2D eigenvalue weighted by molar-refractivity contribution is -0.134. The second kappa shape index (κ2) is 11.0. The molecule has 11 nitrogen and oxygen atoms in total. The standard InChI is InChI=1S/C21H25N5O6S4/c27-21(24-28)17-13-25(35(29,30)14-16(33)12-19-22-8-9-23-19)10-11-26(17)36(31,32)20-7-6-18(34-20)15-4-2-1-3-5-15/h1-9,16-17,28,33H,10-14H2,(H,22,23)(H,24,27)/t16?,17-/m1/s1. The van der Waals surface area contributed by atoms with Crippen LogP contribution in [-0.2, 0) is 31.3 Å². The van der Waals surface area contributed by atoms with E-state index in [-0.39, 0.29) is 29.5 Å². The van der Waals surface area contributed by atoms with Crippen molar-refractivity contribution in [1.82, 2.24) is 24.1 Å². The molecule has 0 bridgehead atoms. The van der Waals surface area contributed by atoms with Crippen molar-refractivity contribution in [2.24, 2.45) is 0 Å². The number of amides is 1. The number of hydrogen-bond acceptors (Lipinski definition) is 9. The Bertz CT molecular complexity index is 1390. The number of nitrogens with one attached hydrogen (secondary N) is 2. The molecular formula is C21H25N5O6S4. The number of imidazole rings is 1. The van der Waals surface area contributed by atoms with Crippen molar-refractivity contribution in [2.75, 3.05) is 25.4 Å². The van der Waals surface area contributed by atoms with E-state index in [4.69, 9.17) is 0 Å². The average Bonchev–Trinajstić information content (AvgIpc) is 3.56. The first kappa shape index (κ1) is 26.8. The summed E-state index contributed by atoms with van der Waals surface area (Å²) in [7, 11) is -8.04. The Kier molecular flexibility index (Phi) is 8.18. The molecule has 2 aromatic heterocycles. The Morgan fingerprint density at radius 3 is 2.61 bits per heavy atom. The highest BCUT2D eigenvalue weighted by molar-refractivity contribution is 7.91. The number of piperazine rings is 1. The summed E-state index contributed by atoms with van der Waals surface area (Å²) in [5.74, 6) is -0.761. The number of nitrogens with zero attached hydrogens (tertiary/aromatic N) is 3. The summed E-state index contributed by atoms with van der Waals surface area (Å²) >= 11 is 5.41. The topological polar surface area (TPSA) is 153 Å². The van der Waals surface area contributed by atoms with Gasteiger partial charge in [0, 0.05) is 48.6 Å². The zero-order chi connectivity index (χ0) is 25.9. The number of carbonyl (C=O) groups excluding carboxylic acids is 1. The summed E-state index contributed by atoms with van der Waals surface area (Å²) < 4.78 is 55.0. The Hall–Kier alpha value is -2.27. The first-order valence-electron chi connectivity index (χ1n) is 10.9. The van der Waals surface area contributed by atoms with Crippen LogP contribution in [0.5, 0.6) is 0 Å². The molecule has 1 aromatic carbocycles. The molecule has 1 amide bonds. The number of rotatable bonds is 9. The molecule has 1 aliphatic rings. The highest BCUT2D eigenvalue weighted by Crippen LogP contribution is 2.33. The van der Waals surface area contributed by atoms with Crippen LogP contribution in [0.2, 0.25) is 0 Å². The zero-order valence-electron chi connectivity index (χ0n) is 18.9. The SMILES string of the molecule is O=C(NO)[C@H]1CN(S(=O)(=O)CC(S)Cc2ncc[nH]2)CCN1S(=O)(=O)c1ccc(-c2ccccc2)s1. The predicted molar refractivity (Wildman–Crippen MR) is 138 cm³/mol. The van der Waals surface area contributed by atoms with E-state index < -0.39 is 43.8 Å². The van der Waals surface area contributed by atoms with Crippen LogP contribution in [0.1, 0.15) is 5.82 Å². The van der Waals surface area contributed by atoms with E-state index in [0.29, 0.717) is 5.82 Å². The largest absolute Gasteiger partial charge is 0.349 e. The summed E-state index contributed by atoms with van der Waals surface area (Å²) in [5, 5.41) is 8.69. The van der Waals surface area contributed by atoms with Crippen molar-refractivity contribution in [2.45, 2.75) is 21.9 Å². The molecule has 0 saturated carbocycles.